The first-order chi connectivity index (χ1) is 17.1. The zero-order valence-electron chi connectivity index (χ0n) is 18.9. The summed E-state index contributed by atoms with van der Waals surface area (Å²) >= 11 is 0. The number of pyridine rings is 1. The van der Waals surface area contributed by atoms with Crippen LogP contribution in [0.1, 0.15) is 11.1 Å². The molecule has 1 amide bonds. The lowest BCUT2D eigenvalue weighted by atomic mass is 10.1. The van der Waals surface area contributed by atoms with Gasteiger partial charge >= 0.3 is 0 Å². The number of nitrogens with zero attached hydrogens (tertiary/aromatic N) is 4. The number of nitro benzene ring substituents is 1. The summed E-state index contributed by atoms with van der Waals surface area (Å²) in [6.07, 6.45) is 8.51. The van der Waals surface area contributed by atoms with Crippen LogP contribution in [0.25, 0.3) is 17.3 Å². The third-order valence-electron chi connectivity index (χ3n) is 5.17. The molecule has 2 aromatic heterocycles. The number of aromatic nitrogens is 3. The summed E-state index contributed by atoms with van der Waals surface area (Å²) in [5, 5.41) is 21.6. The molecule has 0 radical (unpaired) electrons. The predicted octanol–water partition coefficient (Wildman–Crippen LogP) is 4.14. The lowest BCUT2D eigenvalue weighted by Crippen LogP contribution is -2.27. The predicted molar refractivity (Wildman–Crippen MR) is 135 cm³/mol. The van der Waals surface area contributed by atoms with Gasteiger partial charge in [-0.1, -0.05) is 42.5 Å². The Kier molecular flexibility index (Phi) is 7.59. The lowest BCUT2D eigenvalue weighted by Gasteiger charge is -2.07. The molecule has 0 atom stereocenters. The molecule has 0 saturated carbocycles. The van der Waals surface area contributed by atoms with Crippen molar-refractivity contribution in [2.75, 3.05) is 18.4 Å². The smallest absolute Gasteiger partial charge is 0.292 e. The normalized spacial score (nSPS) is 10.9. The van der Waals surface area contributed by atoms with Gasteiger partial charge in [0.05, 0.1) is 11.5 Å². The van der Waals surface area contributed by atoms with Crippen molar-refractivity contribution in [3.63, 3.8) is 0 Å². The van der Waals surface area contributed by atoms with E-state index in [0.29, 0.717) is 25.3 Å². The molecule has 0 saturated heterocycles. The molecule has 0 bridgehead atoms. The highest BCUT2D eigenvalue weighted by Gasteiger charge is 2.12. The van der Waals surface area contributed by atoms with Crippen molar-refractivity contribution >= 4 is 23.4 Å². The van der Waals surface area contributed by atoms with E-state index in [0.717, 1.165) is 22.4 Å². The maximum absolute atomic E-state index is 12.4. The average molecular weight is 469 g/mol. The molecule has 0 unspecified atom stereocenters. The number of carbonyl (C=O) groups excluding carboxylic acids is 1. The highest BCUT2D eigenvalue weighted by atomic mass is 16.6. The fourth-order valence-electron chi connectivity index (χ4n) is 3.53. The summed E-state index contributed by atoms with van der Waals surface area (Å²) in [6.45, 7) is 1.25. The standard InChI is InChI=1S/C26H24N6O3/c33-25(29-16-15-28-23-10-4-5-11-24(23)32(34)35)13-12-22-19-31(18-20-7-2-1-3-8-20)30-26(22)21-9-6-14-27-17-21/h1-14,17,19,28H,15-16,18H2,(H,29,33)/b13-12+. The van der Waals surface area contributed by atoms with Crippen molar-refractivity contribution in [1.29, 1.82) is 0 Å². The van der Waals surface area contributed by atoms with Crippen LogP contribution in [-0.4, -0.2) is 38.7 Å². The van der Waals surface area contributed by atoms with Crippen LogP contribution in [0.2, 0.25) is 0 Å². The quantitative estimate of drug-likeness (QED) is 0.156. The third-order valence-corrected chi connectivity index (χ3v) is 5.17. The largest absolute Gasteiger partial charge is 0.378 e. The van der Waals surface area contributed by atoms with Crippen molar-refractivity contribution in [3.8, 4) is 11.3 Å². The Morgan fingerprint density at radius 2 is 1.83 bits per heavy atom. The zero-order chi connectivity index (χ0) is 24.5. The number of nitrogens with one attached hydrogen (secondary N) is 2. The van der Waals surface area contributed by atoms with Gasteiger partial charge in [0.2, 0.25) is 5.91 Å². The van der Waals surface area contributed by atoms with Gasteiger partial charge in [0, 0.05) is 54.9 Å². The summed E-state index contributed by atoms with van der Waals surface area (Å²) in [7, 11) is 0. The Morgan fingerprint density at radius 3 is 2.60 bits per heavy atom. The number of hydrogen-bond acceptors (Lipinski definition) is 6. The van der Waals surface area contributed by atoms with Gasteiger partial charge < -0.3 is 10.6 Å². The maximum atomic E-state index is 12.4. The van der Waals surface area contributed by atoms with Crippen LogP contribution in [0.5, 0.6) is 0 Å². The maximum Gasteiger partial charge on any atom is 0.292 e. The number of benzene rings is 2. The van der Waals surface area contributed by atoms with Gasteiger partial charge in [-0.05, 0) is 29.8 Å². The van der Waals surface area contributed by atoms with Gasteiger partial charge in [0.25, 0.3) is 5.69 Å². The SMILES string of the molecule is O=C(/C=C/c1cn(Cc2ccccc2)nc1-c1cccnc1)NCCNc1ccccc1[N+](=O)[O-]. The molecule has 0 fully saturated rings. The van der Waals surface area contributed by atoms with Gasteiger partial charge in [-0.3, -0.25) is 24.6 Å². The second-order valence-electron chi connectivity index (χ2n) is 7.68. The fourth-order valence-corrected chi connectivity index (χ4v) is 3.53. The molecule has 0 aliphatic heterocycles. The van der Waals surface area contributed by atoms with Crippen LogP contribution in [-0.2, 0) is 11.3 Å². The third kappa shape index (κ3) is 6.38. The van der Waals surface area contributed by atoms with E-state index >= 15 is 0 Å². The van der Waals surface area contributed by atoms with Crippen LogP contribution >= 0.6 is 0 Å². The van der Waals surface area contributed by atoms with E-state index in [1.807, 2.05) is 53.3 Å². The molecular weight excluding hydrogens is 444 g/mol. The van der Waals surface area contributed by atoms with E-state index in [4.69, 9.17) is 5.10 Å². The monoisotopic (exact) mass is 468 g/mol. The second kappa shape index (κ2) is 11.4. The van der Waals surface area contributed by atoms with Crippen LogP contribution in [0.4, 0.5) is 11.4 Å². The topological polar surface area (TPSA) is 115 Å². The van der Waals surface area contributed by atoms with Gasteiger partial charge in [-0.25, -0.2) is 0 Å². The Bertz CT molecular complexity index is 1320. The number of para-hydroxylation sites is 2. The molecule has 2 aromatic carbocycles. The van der Waals surface area contributed by atoms with E-state index in [-0.39, 0.29) is 11.6 Å². The molecule has 9 heteroatoms. The highest BCUT2D eigenvalue weighted by molar-refractivity contribution is 5.92. The molecule has 0 spiro atoms. The number of rotatable bonds is 10. The first-order valence-electron chi connectivity index (χ1n) is 11.0. The number of hydrogen-bond donors (Lipinski definition) is 2. The number of carbonyl (C=O) groups is 1. The second-order valence-corrected chi connectivity index (χ2v) is 7.68. The van der Waals surface area contributed by atoms with Gasteiger partial charge in [-0.2, -0.15) is 5.10 Å². The van der Waals surface area contributed by atoms with Crippen LogP contribution in [0.15, 0.2) is 91.4 Å². The minimum Gasteiger partial charge on any atom is -0.378 e. The average Bonchev–Trinajstić information content (AvgIpc) is 3.29. The Labute approximate surface area is 202 Å². The summed E-state index contributed by atoms with van der Waals surface area (Å²) in [4.78, 5) is 27.2. The summed E-state index contributed by atoms with van der Waals surface area (Å²) < 4.78 is 1.84. The number of amides is 1. The highest BCUT2D eigenvalue weighted by Crippen LogP contribution is 2.23. The molecule has 0 aliphatic rings. The molecular formula is C26H24N6O3. The zero-order valence-corrected chi connectivity index (χ0v) is 18.9. The van der Waals surface area contributed by atoms with E-state index < -0.39 is 4.92 Å². The fraction of sp³-hybridized carbons (Fsp3) is 0.115. The van der Waals surface area contributed by atoms with Crippen molar-refractivity contribution in [3.05, 3.63) is 113 Å². The first kappa shape index (κ1) is 23.4. The molecule has 4 rings (SSSR count). The van der Waals surface area contributed by atoms with Gasteiger partial charge in [-0.15, -0.1) is 0 Å². The molecule has 9 nitrogen and oxygen atoms in total. The van der Waals surface area contributed by atoms with E-state index in [2.05, 4.69) is 15.6 Å². The van der Waals surface area contributed by atoms with E-state index in [1.165, 1.54) is 12.1 Å². The molecule has 4 aromatic rings. The van der Waals surface area contributed by atoms with Crippen molar-refractivity contribution in [1.82, 2.24) is 20.1 Å². The van der Waals surface area contributed by atoms with Crippen LogP contribution in [0, 0.1) is 10.1 Å². The van der Waals surface area contributed by atoms with Crippen LogP contribution < -0.4 is 10.6 Å². The van der Waals surface area contributed by atoms with Gasteiger partial charge in [0.15, 0.2) is 0 Å². The summed E-state index contributed by atoms with van der Waals surface area (Å²) in [5.41, 5.74) is 3.90. The minimum absolute atomic E-state index is 0.00540. The summed E-state index contributed by atoms with van der Waals surface area (Å²) in [5.74, 6) is -0.276. The number of nitro groups is 1. The van der Waals surface area contributed by atoms with Crippen molar-refractivity contribution in [2.24, 2.45) is 0 Å². The molecule has 0 aliphatic carbocycles. The van der Waals surface area contributed by atoms with Crippen molar-refractivity contribution in [2.45, 2.75) is 6.54 Å². The number of anilines is 1. The molecule has 2 N–H and O–H groups in total. The first-order valence-corrected chi connectivity index (χ1v) is 11.0. The summed E-state index contributed by atoms with van der Waals surface area (Å²) in [6, 6.07) is 20.2. The Morgan fingerprint density at radius 1 is 1.03 bits per heavy atom. The Hall–Kier alpha value is -4.79. The van der Waals surface area contributed by atoms with Crippen LogP contribution in [0.3, 0.4) is 0 Å². The van der Waals surface area contributed by atoms with E-state index in [9.17, 15) is 14.9 Å². The lowest BCUT2D eigenvalue weighted by molar-refractivity contribution is -0.384. The molecule has 176 valence electrons. The van der Waals surface area contributed by atoms with Gasteiger partial charge in [0.1, 0.15) is 11.4 Å². The molecule has 35 heavy (non-hydrogen) atoms. The molecule has 2 heterocycles. The minimum atomic E-state index is -0.443. The Balaban J connectivity index is 1.40. The van der Waals surface area contributed by atoms with Crippen molar-refractivity contribution < 1.29 is 9.72 Å². The van der Waals surface area contributed by atoms with E-state index in [1.54, 1.807) is 36.7 Å².